The Bertz CT molecular complexity index is 678. The highest BCUT2D eigenvalue weighted by Crippen LogP contribution is 2.40. The van der Waals surface area contributed by atoms with Gasteiger partial charge in [-0.05, 0) is 42.3 Å². The van der Waals surface area contributed by atoms with E-state index in [0.717, 1.165) is 44.5 Å². The van der Waals surface area contributed by atoms with Crippen molar-refractivity contribution in [1.29, 1.82) is 0 Å². The Kier molecular flexibility index (Phi) is 4.37. The molecular weight excluding hydrogens is 318 g/mol. The van der Waals surface area contributed by atoms with Crippen molar-refractivity contribution in [1.82, 2.24) is 14.8 Å². The number of rotatable bonds is 4. The van der Waals surface area contributed by atoms with Gasteiger partial charge in [0.25, 0.3) is 0 Å². The van der Waals surface area contributed by atoms with Crippen LogP contribution in [0.3, 0.4) is 0 Å². The summed E-state index contributed by atoms with van der Waals surface area (Å²) in [7, 11) is 0. The predicted octanol–water partition coefficient (Wildman–Crippen LogP) is 3.30. The normalized spacial score (nSPS) is 20.8. The lowest BCUT2D eigenvalue weighted by Crippen LogP contribution is -2.52. The fourth-order valence-electron chi connectivity index (χ4n) is 4.07. The zero-order valence-electron chi connectivity index (χ0n) is 13.9. The standard InChI is InChI=1S/C19H23N3OS/c23-18-5-6-19(22(18)14-16-3-1-9-20-13-16)7-10-21(11-8-19)15-17-4-2-12-24-17/h1-4,9,12-13H,5-8,10-11,14-15H2. The number of pyridine rings is 1. The minimum atomic E-state index is 0.0683. The van der Waals surface area contributed by atoms with Gasteiger partial charge in [-0.25, -0.2) is 0 Å². The summed E-state index contributed by atoms with van der Waals surface area (Å²) < 4.78 is 0. The van der Waals surface area contributed by atoms with Crippen LogP contribution in [0.15, 0.2) is 42.0 Å². The van der Waals surface area contributed by atoms with E-state index in [-0.39, 0.29) is 5.54 Å². The van der Waals surface area contributed by atoms with E-state index in [2.05, 4.69) is 38.4 Å². The maximum Gasteiger partial charge on any atom is 0.223 e. The predicted molar refractivity (Wildman–Crippen MR) is 95.6 cm³/mol. The van der Waals surface area contributed by atoms with Crippen LogP contribution in [-0.4, -0.2) is 39.3 Å². The largest absolute Gasteiger partial charge is 0.333 e. The van der Waals surface area contributed by atoms with Crippen molar-refractivity contribution in [2.75, 3.05) is 13.1 Å². The first-order valence-electron chi connectivity index (χ1n) is 8.69. The Labute approximate surface area is 147 Å². The number of aromatic nitrogens is 1. The van der Waals surface area contributed by atoms with Crippen molar-refractivity contribution in [3.05, 3.63) is 52.5 Å². The number of amides is 1. The van der Waals surface area contributed by atoms with Gasteiger partial charge in [-0.1, -0.05) is 12.1 Å². The molecule has 4 nitrogen and oxygen atoms in total. The van der Waals surface area contributed by atoms with E-state index in [9.17, 15) is 4.79 Å². The number of hydrogen-bond donors (Lipinski definition) is 0. The first kappa shape index (κ1) is 15.8. The van der Waals surface area contributed by atoms with Gasteiger partial charge < -0.3 is 4.90 Å². The average Bonchev–Trinajstić information content (AvgIpc) is 3.22. The monoisotopic (exact) mass is 341 g/mol. The number of nitrogens with zero attached hydrogens (tertiary/aromatic N) is 3. The van der Waals surface area contributed by atoms with Crippen molar-refractivity contribution in [3.8, 4) is 0 Å². The van der Waals surface area contributed by atoms with Crippen molar-refractivity contribution in [3.63, 3.8) is 0 Å². The second-order valence-corrected chi connectivity index (χ2v) is 7.95. The van der Waals surface area contributed by atoms with Crippen molar-refractivity contribution in [2.24, 2.45) is 0 Å². The van der Waals surface area contributed by atoms with Gasteiger partial charge in [0.05, 0.1) is 0 Å². The highest BCUT2D eigenvalue weighted by atomic mass is 32.1. The lowest BCUT2D eigenvalue weighted by Gasteiger charge is -2.45. The lowest BCUT2D eigenvalue weighted by atomic mass is 9.84. The van der Waals surface area contributed by atoms with Gasteiger partial charge in [0, 0.05) is 55.4 Å². The molecule has 0 saturated carbocycles. The summed E-state index contributed by atoms with van der Waals surface area (Å²) in [5.74, 6) is 0.311. The highest BCUT2D eigenvalue weighted by Gasteiger charge is 2.46. The van der Waals surface area contributed by atoms with Crippen LogP contribution < -0.4 is 0 Å². The van der Waals surface area contributed by atoms with E-state index in [1.165, 1.54) is 4.88 Å². The average molecular weight is 341 g/mol. The second kappa shape index (κ2) is 6.65. The molecule has 0 atom stereocenters. The zero-order valence-corrected chi connectivity index (χ0v) is 14.7. The van der Waals surface area contributed by atoms with Crippen molar-refractivity contribution in [2.45, 2.75) is 44.3 Å². The van der Waals surface area contributed by atoms with Crippen LogP contribution in [0.2, 0.25) is 0 Å². The number of likely N-dealkylation sites (tertiary alicyclic amines) is 2. The SMILES string of the molecule is O=C1CCC2(CCN(Cc3cccs3)CC2)N1Cc1cccnc1. The maximum absolute atomic E-state index is 12.5. The number of piperidine rings is 1. The Morgan fingerprint density at radius 3 is 2.71 bits per heavy atom. The molecular formula is C19H23N3OS. The van der Waals surface area contributed by atoms with Crippen LogP contribution in [0.25, 0.3) is 0 Å². The van der Waals surface area contributed by atoms with E-state index < -0.39 is 0 Å². The molecule has 5 heteroatoms. The molecule has 126 valence electrons. The van der Waals surface area contributed by atoms with Crippen LogP contribution >= 0.6 is 11.3 Å². The fourth-order valence-corrected chi connectivity index (χ4v) is 4.82. The Morgan fingerprint density at radius 2 is 2.00 bits per heavy atom. The molecule has 0 aromatic carbocycles. The molecule has 2 aliphatic heterocycles. The Hall–Kier alpha value is -1.72. The van der Waals surface area contributed by atoms with Gasteiger partial charge >= 0.3 is 0 Å². The van der Waals surface area contributed by atoms with Crippen LogP contribution in [-0.2, 0) is 17.9 Å². The molecule has 2 aliphatic rings. The van der Waals surface area contributed by atoms with E-state index in [1.807, 2.05) is 23.6 Å². The van der Waals surface area contributed by atoms with Gasteiger partial charge in [0.15, 0.2) is 0 Å². The van der Waals surface area contributed by atoms with Gasteiger partial charge in [0.1, 0.15) is 0 Å². The molecule has 0 N–H and O–H groups in total. The topological polar surface area (TPSA) is 36.4 Å². The molecule has 2 fully saturated rings. The molecule has 0 radical (unpaired) electrons. The molecule has 24 heavy (non-hydrogen) atoms. The summed E-state index contributed by atoms with van der Waals surface area (Å²) >= 11 is 1.83. The zero-order chi connectivity index (χ0) is 16.4. The van der Waals surface area contributed by atoms with Crippen molar-refractivity contribution >= 4 is 17.2 Å². The Morgan fingerprint density at radius 1 is 1.12 bits per heavy atom. The molecule has 1 spiro atoms. The second-order valence-electron chi connectivity index (χ2n) is 6.92. The highest BCUT2D eigenvalue weighted by molar-refractivity contribution is 7.09. The number of carbonyl (C=O) groups is 1. The smallest absolute Gasteiger partial charge is 0.223 e. The van der Waals surface area contributed by atoms with Crippen molar-refractivity contribution < 1.29 is 4.79 Å². The summed E-state index contributed by atoms with van der Waals surface area (Å²) in [5, 5.41) is 2.14. The van der Waals surface area contributed by atoms with E-state index in [1.54, 1.807) is 6.20 Å². The third kappa shape index (κ3) is 3.10. The summed E-state index contributed by atoms with van der Waals surface area (Å²) in [6.07, 6.45) is 7.55. The van der Waals surface area contributed by atoms with Crippen LogP contribution in [0.5, 0.6) is 0 Å². The molecule has 1 amide bonds. The molecule has 4 rings (SSSR count). The Balaban J connectivity index is 1.43. The number of carbonyl (C=O) groups excluding carboxylic acids is 1. The third-order valence-electron chi connectivity index (χ3n) is 5.49. The first-order valence-corrected chi connectivity index (χ1v) is 9.57. The van der Waals surface area contributed by atoms with Gasteiger partial charge in [-0.15, -0.1) is 11.3 Å². The first-order chi connectivity index (χ1) is 11.8. The van der Waals surface area contributed by atoms with Crippen LogP contribution in [0, 0.1) is 0 Å². The summed E-state index contributed by atoms with van der Waals surface area (Å²) in [5.41, 5.74) is 1.20. The third-order valence-corrected chi connectivity index (χ3v) is 6.35. The summed E-state index contributed by atoms with van der Waals surface area (Å²) in [6.45, 7) is 3.91. The van der Waals surface area contributed by atoms with Gasteiger partial charge in [-0.2, -0.15) is 0 Å². The summed E-state index contributed by atoms with van der Waals surface area (Å²) in [4.78, 5) is 22.8. The molecule has 0 bridgehead atoms. The van der Waals surface area contributed by atoms with Crippen LogP contribution in [0.1, 0.15) is 36.1 Å². The quantitative estimate of drug-likeness (QED) is 0.856. The molecule has 4 heterocycles. The molecule has 2 aromatic rings. The van der Waals surface area contributed by atoms with Gasteiger partial charge in [-0.3, -0.25) is 14.7 Å². The number of thiophene rings is 1. The number of hydrogen-bond acceptors (Lipinski definition) is 4. The van der Waals surface area contributed by atoms with E-state index in [4.69, 9.17) is 0 Å². The van der Waals surface area contributed by atoms with E-state index >= 15 is 0 Å². The molecule has 0 aliphatic carbocycles. The minimum absolute atomic E-state index is 0.0683. The molecule has 2 saturated heterocycles. The van der Waals surface area contributed by atoms with Crippen LogP contribution in [0.4, 0.5) is 0 Å². The molecule has 0 unspecified atom stereocenters. The summed E-state index contributed by atoms with van der Waals surface area (Å²) in [6, 6.07) is 8.35. The fraction of sp³-hybridized carbons (Fsp3) is 0.474. The lowest BCUT2D eigenvalue weighted by molar-refractivity contribution is -0.133. The van der Waals surface area contributed by atoms with Gasteiger partial charge in [0.2, 0.25) is 5.91 Å². The minimum Gasteiger partial charge on any atom is -0.333 e. The molecule has 2 aromatic heterocycles. The maximum atomic E-state index is 12.5. The van der Waals surface area contributed by atoms with E-state index in [0.29, 0.717) is 18.9 Å².